The number of esters is 1. The van der Waals surface area contributed by atoms with Crippen molar-refractivity contribution in [2.45, 2.75) is 39.2 Å². The molecule has 4 aromatic carbocycles. The minimum Gasteiger partial charge on any atom is -0.456 e. The van der Waals surface area contributed by atoms with Crippen LogP contribution in [0.3, 0.4) is 0 Å². The molecule has 1 saturated heterocycles. The zero-order chi connectivity index (χ0) is 26.3. The van der Waals surface area contributed by atoms with Crippen LogP contribution in [0.25, 0.3) is 0 Å². The van der Waals surface area contributed by atoms with Crippen molar-refractivity contribution in [3.8, 4) is 11.5 Å². The van der Waals surface area contributed by atoms with Crippen LogP contribution in [-0.4, -0.2) is 19.1 Å². The van der Waals surface area contributed by atoms with Gasteiger partial charge in [-0.1, -0.05) is 50.2 Å². The number of nitrogens with zero attached hydrogens (tertiary/aromatic N) is 1. The van der Waals surface area contributed by atoms with E-state index in [0.717, 1.165) is 58.2 Å². The monoisotopic (exact) mass is 504 g/mol. The van der Waals surface area contributed by atoms with Crippen LogP contribution in [0, 0.1) is 6.92 Å². The minimum absolute atomic E-state index is 0.314. The molecule has 1 unspecified atom stereocenters. The summed E-state index contributed by atoms with van der Waals surface area (Å²) in [6.07, 6.45) is 2.40. The Labute approximate surface area is 224 Å². The Bertz CT molecular complexity index is 1510. The maximum atomic E-state index is 13.2. The first kappa shape index (κ1) is 24.1. The fourth-order valence-corrected chi connectivity index (χ4v) is 5.79. The Hall–Kier alpha value is -4.25. The highest BCUT2D eigenvalue weighted by Gasteiger charge is 2.53. The second-order valence-corrected chi connectivity index (χ2v) is 9.75. The van der Waals surface area contributed by atoms with E-state index >= 15 is 0 Å². The molecule has 5 nitrogen and oxygen atoms in total. The van der Waals surface area contributed by atoms with Gasteiger partial charge in [0.2, 0.25) is 0 Å². The molecule has 38 heavy (non-hydrogen) atoms. The number of ether oxygens (including phenoxy) is 2. The summed E-state index contributed by atoms with van der Waals surface area (Å²) in [5.74, 6) is 1.13. The first-order valence-corrected chi connectivity index (χ1v) is 13.5. The molecule has 0 saturated carbocycles. The highest BCUT2D eigenvalue weighted by Crippen LogP contribution is 2.57. The van der Waals surface area contributed by atoms with Gasteiger partial charge in [-0.05, 0) is 67.8 Å². The lowest BCUT2D eigenvalue weighted by Crippen LogP contribution is -2.33. The smallest absolute Gasteiger partial charge is 0.340 e. The fraction of sp³-hybridized carbons (Fsp3) is 0.242. The molecule has 3 aliphatic heterocycles. The molecule has 0 aromatic heterocycles. The van der Waals surface area contributed by atoms with Crippen molar-refractivity contribution in [2.75, 3.05) is 23.3 Å². The third kappa shape index (κ3) is 3.73. The van der Waals surface area contributed by atoms with E-state index in [2.05, 4.69) is 41.4 Å². The van der Waals surface area contributed by atoms with Crippen LogP contribution in [0.1, 0.15) is 59.3 Å². The van der Waals surface area contributed by atoms with Crippen LogP contribution in [-0.2, 0) is 10.3 Å². The second kappa shape index (κ2) is 9.56. The third-order valence-corrected chi connectivity index (χ3v) is 7.57. The molecule has 0 radical (unpaired) electrons. The number of nitrogens with one attached hydrogen (secondary N) is 1. The quantitative estimate of drug-likeness (QED) is 0.287. The molecule has 7 rings (SSSR count). The Kier molecular flexibility index (Phi) is 6.07. The molecule has 0 aliphatic carbocycles. The van der Waals surface area contributed by atoms with E-state index in [4.69, 9.17) is 9.47 Å². The number of benzene rings is 4. The number of aryl methyl sites for hydroxylation is 1. The molecule has 3 aliphatic rings. The van der Waals surface area contributed by atoms with Crippen molar-refractivity contribution < 1.29 is 14.3 Å². The van der Waals surface area contributed by atoms with Gasteiger partial charge in [-0.15, -0.1) is 0 Å². The molecule has 4 aromatic rings. The van der Waals surface area contributed by atoms with Crippen LogP contribution in [0.4, 0.5) is 17.1 Å². The Morgan fingerprint density at radius 3 is 2.29 bits per heavy atom. The third-order valence-electron chi connectivity index (χ3n) is 7.57. The van der Waals surface area contributed by atoms with Gasteiger partial charge in [0, 0.05) is 52.9 Å². The van der Waals surface area contributed by atoms with Gasteiger partial charge in [0.15, 0.2) is 5.60 Å². The molecule has 0 bridgehead atoms. The highest BCUT2D eigenvalue weighted by atomic mass is 16.6. The van der Waals surface area contributed by atoms with Gasteiger partial charge in [0.05, 0.1) is 5.56 Å². The summed E-state index contributed by atoms with van der Waals surface area (Å²) in [4.78, 5) is 15.6. The molecule has 1 N–H and O–H groups in total. The van der Waals surface area contributed by atoms with Crippen LogP contribution in [0.2, 0.25) is 0 Å². The molecule has 1 atom stereocenters. The van der Waals surface area contributed by atoms with Crippen molar-refractivity contribution in [3.05, 3.63) is 113 Å². The summed E-state index contributed by atoms with van der Waals surface area (Å²) in [6.45, 7) is 8.16. The van der Waals surface area contributed by atoms with Crippen molar-refractivity contribution in [1.29, 1.82) is 0 Å². The van der Waals surface area contributed by atoms with Gasteiger partial charge in [0.25, 0.3) is 0 Å². The van der Waals surface area contributed by atoms with Gasteiger partial charge < -0.3 is 19.7 Å². The number of anilines is 3. The van der Waals surface area contributed by atoms with E-state index in [9.17, 15) is 4.79 Å². The second-order valence-electron chi connectivity index (χ2n) is 9.75. The SMILES string of the molecule is CC.Cc1cc2c(cc1Nc1ccccc1)C1(OC(=O)c3ccccc31)c1ccc(N3CCCC3)cc1O2. The van der Waals surface area contributed by atoms with E-state index in [1.54, 1.807) is 0 Å². The molecular formula is C33H32N2O3. The van der Waals surface area contributed by atoms with Crippen LogP contribution in [0.15, 0.2) is 84.9 Å². The number of carbonyl (C=O) groups is 1. The van der Waals surface area contributed by atoms with Crippen molar-refractivity contribution in [2.24, 2.45) is 0 Å². The van der Waals surface area contributed by atoms with Gasteiger partial charge in [-0.2, -0.15) is 0 Å². The lowest BCUT2D eigenvalue weighted by atomic mass is 9.77. The van der Waals surface area contributed by atoms with Crippen LogP contribution < -0.4 is 15.0 Å². The molecule has 0 amide bonds. The van der Waals surface area contributed by atoms with E-state index < -0.39 is 5.60 Å². The lowest BCUT2D eigenvalue weighted by Gasteiger charge is -2.37. The molecule has 1 spiro atoms. The summed E-state index contributed by atoms with van der Waals surface area (Å²) in [7, 11) is 0. The zero-order valence-corrected chi connectivity index (χ0v) is 22.1. The van der Waals surface area contributed by atoms with E-state index in [0.29, 0.717) is 11.3 Å². The molecule has 1 fully saturated rings. The average Bonchev–Trinajstić information content (AvgIpc) is 3.59. The van der Waals surface area contributed by atoms with Gasteiger partial charge in [-0.3, -0.25) is 0 Å². The van der Waals surface area contributed by atoms with Crippen molar-refractivity contribution >= 4 is 23.0 Å². The standard InChI is InChI=1S/C31H26N2O3.C2H6/c1-20-17-28-26(19-27(20)32-21-9-3-2-4-10-21)31(24-12-6-5-11-23(24)30(34)36-31)25-14-13-22(18-29(25)35-28)33-15-7-8-16-33;1-2/h2-6,9-14,17-19,32H,7-8,15-16H2,1H3;1-2H3. The maximum Gasteiger partial charge on any atom is 0.340 e. The largest absolute Gasteiger partial charge is 0.456 e. The van der Waals surface area contributed by atoms with Gasteiger partial charge in [0.1, 0.15) is 11.5 Å². The molecule has 5 heteroatoms. The molecular weight excluding hydrogens is 472 g/mol. The van der Waals surface area contributed by atoms with E-state index in [1.165, 1.54) is 12.8 Å². The average molecular weight is 505 g/mol. The van der Waals surface area contributed by atoms with Gasteiger partial charge >= 0.3 is 5.97 Å². The summed E-state index contributed by atoms with van der Waals surface area (Å²) < 4.78 is 12.9. The number of hydrogen-bond donors (Lipinski definition) is 1. The fourth-order valence-electron chi connectivity index (χ4n) is 5.79. The van der Waals surface area contributed by atoms with Crippen molar-refractivity contribution in [1.82, 2.24) is 0 Å². The van der Waals surface area contributed by atoms with E-state index in [-0.39, 0.29) is 5.97 Å². The first-order valence-electron chi connectivity index (χ1n) is 13.5. The minimum atomic E-state index is -1.07. The predicted octanol–water partition coefficient (Wildman–Crippen LogP) is 7.93. The number of hydrogen-bond acceptors (Lipinski definition) is 5. The van der Waals surface area contributed by atoms with Crippen molar-refractivity contribution in [3.63, 3.8) is 0 Å². The number of carbonyl (C=O) groups excluding carboxylic acids is 1. The molecule has 3 heterocycles. The summed E-state index contributed by atoms with van der Waals surface area (Å²) in [5.41, 5.74) is 6.18. The maximum absolute atomic E-state index is 13.2. The topological polar surface area (TPSA) is 50.8 Å². The van der Waals surface area contributed by atoms with Gasteiger partial charge in [-0.25, -0.2) is 4.79 Å². The van der Waals surface area contributed by atoms with Crippen LogP contribution in [0.5, 0.6) is 11.5 Å². The number of fused-ring (bicyclic) bond motifs is 6. The zero-order valence-electron chi connectivity index (χ0n) is 22.1. The summed E-state index contributed by atoms with van der Waals surface area (Å²) in [5, 5.41) is 3.53. The number of para-hydroxylation sites is 1. The summed E-state index contributed by atoms with van der Waals surface area (Å²) in [6, 6.07) is 28.2. The highest BCUT2D eigenvalue weighted by molar-refractivity contribution is 5.97. The molecule has 192 valence electrons. The lowest BCUT2D eigenvalue weighted by molar-refractivity contribution is 0.0224. The van der Waals surface area contributed by atoms with E-state index in [1.807, 2.05) is 74.5 Å². The Balaban J connectivity index is 0.00000129. The summed E-state index contributed by atoms with van der Waals surface area (Å²) >= 11 is 0. The normalized spacial score (nSPS) is 18.5. The Morgan fingerprint density at radius 1 is 0.789 bits per heavy atom. The number of rotatable bonds is 3. The van der Waals surface area contributed by atoms with Crippen LogP contribution >= 0.6 is 0 Å². The Morgan fingerprint density at radius 2 is 1.50 bits per heavy atom. The predicted molar refractivity (Wildman–Crippen MR) is 152 cm³/mol. The first-order chi connectivity index (χ1) is 18.6.